The van der Waals surface area contributed by atoms with Gasteiger partial charge in [0.2, 0.25) is 0 Å². The van der Waals surface area contributed by atoms with E-state index in [1.54, 1.807) is 0 Å². The maximum atomic E-state index is 12.2. The average Bonchev–Trinajstić information content (AvgIpc) is 3.09. The second-order valence-corrected chi connectivity index (χ2v) is 5.24. The van der Waals surface area contributed by atoms with Crippen LogP contribution >= 0.6 is 0 Å². The van der Waals surface area contributed by atoms with Crippen molar-refractivity contribution in [2.24, 2.45) is 0 Å². The Morgan fingerprint density at radius 1 is 1.00 bits per heavy atom. The van der Waals surface area contributed by atoms with Crippen LogP contribution in [0.4, 0.5) is 23.6 Å². The lowest BCUT2D eigenvalue weighted by Crippen LogP contribution is -2.08. The molecule has 0 bridgehead atoms. The normalized spacial score (nSPS) is 10.3. The third-order valence-electron chi connectivity index (χ3n) is 1.64. The molecule has 2 rings (SSSR count). The molecule has 26 heavy (non-hydrogen) atoms. The number of rotatable bonds is 3. The minimum absolute atomic E-state index is 0. The Morgan fingerprint density at radius 3 is 1.73 bits per heavy atom. The van der Waals surface area contributed by atoms with Gasteiger partial charge in [0, 0.05) is 0 Å². The highest BCUT2D eigenvalue weighted by Crippen LogP contribution is 2.11. The Morgan fingerprint density at radius 2 is 1.50 bits per heavy atom. The highest BCUT2D eigenvalue weighted by molar-refractivity contribution is 7.84. The Labute approximate surface area is 143 Å². The molecule has 0 spiro atoms. The Balaban J connectivity index is 0. The Bertz CT molecular complexity index is 917. The molecule has 148 valence electrons. The maximum absolute atomic E-state index is 12.2. The first-order valence-electron chi connectivity index (χ1n) is 5.14. The van der Waals surface area contributed by atoms with Crippen LogP contribution in [0.15, 0.2) is 24.8 Å². The molecule has 19 heteroatoms. The van der Waals surface area contributed by atoms with Crippen LogP contribution < -0.4 is 0 Å². The molecule has 0 aliphatic carbocycles. The third-order valence-corrected chi connectivity index (χ3v) is 2.40. The fraction of sp³-hybridized carbons (Fsp3) is 0.143. The molecular formula is C7H9F3N6O8S2. The molecule has 0 fully saturated rings. The number of nitrogens with zero attached hydrogens (tertiary/aromatic N) is 5. The first-order valence-corrected chi connectivity index (χ1v) is 7.76. The molecule has 14 nitrogen and oxygen atoms in total. The number of aromatic nitrogens is 4. The predicted molar refractivity (Wildman–Crippen MR) is 77.4 cm³/mol. The summed E-state index contributed by atoms with van der Waals surface area (Å²) < 4.78 is 68.9. The van der Waals surface area contributed by atoms with Gasteiger partial charge in [0.05, 0.1) is 6.20 Å². The van der Waals surface area contributed by atoms with E-state index in [1.807, 2.05) is 0 Å². The van der Waals surface area contributed by atoms with E-state index in [1.165, 1.54) is 12.4 Å². The average molecular weight is 426 g/mol. The summed E-state index contributed by atoms with van der Waals surface area (Å²) in [5.74, 6) is -1.29. The van der Waals surface area contributed by atoms with E-state index in [9.17, 15) is 40.3 Å². The lowest BCUT2D eigenvalue weighted by molar-refractivity contribution is -0.394. The Hall–Kier alpha value is -3.09. The van der Waals surface area contributed by atoms with Gasteiger partial charge in [0.15, 0.2) is 0 Å². The van der Waals surface area contributed by atoms with Crippen LogP contribution in [0.5, 0.6) is 0 Å². The molecular weight excluding hydrogens is 417 g/mol. The summed E-state index contributed by atoms with van der Waals surface area (Å²) in [6, 6.07) is 0. The standard InChI is InChI=1S/C3H2FN3O4S.C3H3N3O2.CH4.F2O2S/c4-12(10,11)6-2-1-5-3(6)7(8)9;7-6(8)3-4-1-2-5-3;;1-5(2,3)4/h1-2H;1-2H,(H,4,5);1H4;. The number of hydrogen-bond donors (Lipinski definition) is 1. The van der Waals surface area contributed by atoms with Crippen molar-refractivity contribution in [2.75, 3.05) is 0 Å². The van der Waals surface area contributed by atoms with Crippen LogP contribution in [0.1, 0.15) is 7.43 Å². The van der Waals surface area contributed by atoms with Crippen LogP contribution in [0.3, 0.4) is 0 Å². The topological polar surface area (TPSA) is 201 Å². The van der Waals surface area contributed by atoms with Crippen molar-refractivity contribution in [1.29, 1.82) is 0 Å². The van der Waals surface area contributed by atoms with Crippen LogP contribution in [-0.2, 0) is 21.0 Å². The monoisotopic (exact) mass is 426 g/mol. The van der Waals surface area contributed by atoms with Gasteiger partial charge in [-0.2, -0.15) is 16.8 Å². The van der Waals surface area contributed by atoms with Gasteiger partial charge in [-0.05, 0) is 9.85 Å². The van der Waals surface area contributed by atoms with Crippen molar-refractivity contribution < 1.29 is 38.3 Å². The van der Waals surface area contributed by atoms with Crippen molar-refractivity contribution in [3.8, 4) is 0 Å². The van der Waals surface area contributed by atoms with Crippen LogP contribution in [0.2, 0.25) is 0 Å². The molecule has 0 aliphatic rings. The molecule has 1 N–H and O–H groups in total. The van der Waals surface area contributed by atoms with Crippen LogP contribution in [-0.4, -0.2) is 45.6 Å². The van der Waals surface area contributed by atoms with Gasteiger partial charge < -0.3 is 20.2 Å². The fourth-order valence-corrected chi connectivity index (χ4v) is 1.45. The van der Waals surface area contributed by atoms with Crippen LogP contribution in [0.25, 0.3) is 0 Å². The van der Waals surface area contributed by atoms with Crippen molar-refractivity contribution in [2.45, 2.75) is 7.43 Å². The van der Waals surface area contributed by atoms with Gasteiger partial charge in [-0.25, -0.2) is 4.98 Å². The molecule has 0 radical (unpaired) electrons. The summed E-state index contributed by atoms with van der Waals surface area (Å²) in [4.78, 5) is 26.8. The predicted octanol–water partition coefficient (Wildman–Crippen LogP) is 0.978. The zero-order valence-corrected chi connectivity index (χ0v) is 12.9. The SMILES string of the molecule is C.O=S(=O)(F)F.O=[N+]([O-])c1ncc[nH]1.O=[N+]([O-])c1nccn1S(=O)(=O)F. The quantitative estimate of drug-likeness (QED) is 0.418. The molecule has 2 aromatic rings. The van der Waals surface area contributed by atoms with Gasteiger partial charge in [-0.1, -0.05) is 33.0 Å². The molecule has 2 heterocycles. The van der Waals surface area contributed by atoms with Crippen LogP contribution in [0, 0.1) is 20.2 Å². The minimum atomic E-state index is -5.67. The second-order valence-electron chi connectivity index (χ2n) is 3.27. The summed E-state index contributed by atoms with van der Waals surface area (Å²) in [7, 11) is -10.8. The number of nitrogens with one attached hydrogen (secondary N) is 1. The summed E-state index contributed by atoms with van der Waals surface area (Å²) in [6.07, 6.45) is 4.19. The number of nitro groups is 2. The largest absolute Gasteiger partial charge is 0.476 e. The summed E-state index contributed by atoms with van der Waals surface area (Å²) >= 11 is 0. The number of H-pyrrole nitrogens is 1. The van der Waals surface area contributed by atoms with Crippen molar-refractivity contribution >= 4 is 32.9 Å². The van der Waals surface area contributed by atoms with E-state index in [0.717, 1.165) is 6.20 Å². The van der Waals surface area contributed by atoms with Gasteiger partial charge >= 0.3 is 32.9 Å². The molecule has 0 saturated heterocycles. The molecule has 0 aliphatic heterocycles. The van der Waals surface area contributed by atoms with Gasteiger partial charge in [-0.3, -0.25) is 0 Å². The zero-order valence-electron chi connectivity index (χ0n) is 11.3. The number of imidazole rings is 2. The van der Waals surface area contributed by atoms with E-state index in [0.29, 0.717) is 6.20 Å². The molecule has 0 amide bonds. The van der Waals surface area contributed by atoms with E-state index in [2.05, 4.69) is 15.0 Å². The smallest absolute Gasteiger partial charge is 0.390 e. The Kier molecular flexibility index (Phi) is 9.70. The van der Waals surface area contributed by atoms with Gasteiger partial charge in [0.1, 0.15) is 18.6 Å². The minimum Gasteiger partial charge on any atom is -0.390 e. The molecule has 2 aromatic heterocycles. The third kappa shape index (κ3) is 10.6. The fourth-order valence-electron chi connectivity index (χ4n) is 0.939. The molecule has 0 saturated carbocycles. The van der Waals surface area contributed by atoms with Crippen molar-refractivity contribution in [1.82, 2.24) is 18.9 Å². The summed E-state index contributed by atoms with van der Waals surface area (Å²) in [6.45, 7) is 0. The summed E-state index contributed by atoms with van der Waals surface area (Å²) in [5, 5.41) is 19.8. The highest BCUT2D eigenvalue weighted by atomic mass is 32.3. The zero-order chi connectivity index (χ0) is 19.8. The summed E-state index contributed by atoms with van der Waals surface area (Å²) in [5.41, 5.74) is 0. The van der Waals surface area contributed by atoms with E-state index < -0.39 is 36.8 Å². The molecule has 0 unspecified atom stereocenters. The number of aromatic amines is 1. The lowest BCUT2D eigenvalue weighted by Gasteiger charge is -1.93. The first-order chi connectivity index (χ1) is 11.2. The number of hydrogen-bond acceptors (Lipinski definition) is 10. The second kappa shape index (κ2) is 10.0. The first kappa shape index (κ1) is 25.2. The molecule has 0 atom stereocenters. The van der Waals surface area contributed by atoms with Crippen molar-refractivity contribution in [3.05, 3.63) is 45.0 Å². The van der Waals surface area contributed by atoms with Gasteiger partial charge in [-0.15, -0.1) is 0 Å². The van der Waals surface area contributed by atoms with E-state index in [-0.39, 0.29) is 17.3 Å². The van der Waals surface area contributed by atoms with Gasteiger partial charge in [0.25, 0.3) is 0 Å². The molecule has 0 aromatic carbocycles. The van der Waals surface area contributed by atoms with E-state index in [4.69, 9.17) is 8.42 Å². The lowest BCUT2D eigenvalue weighted by atomic mass is 11.0. The van der Waals surface area contributed by atoms with E-state index >= 15 is 0 Å². The highest BCUT2D eigenvalue weighted by Gasteiger charge is 2.25. The maximum Gasteiger partial charge on any atom is 0.476 e. The number of halogens is 3. The van der Waals surface area contributed by atoms with Crippen molar-refractivity contribution in [3.63, 3.8) is 0 Å².